The van der Waals surface area contributed by atoms with E-state index in [1.807, 2.05) is 6.92 Å². The van der Waals surface area contributed by atoms with Gasteiger partial charge in [-0.3, -0.25) is 0 Å². The van der Waals surface area contributed by atoms with Crippen molar-refractivity contribution in [2.45, 2.75) is 52.1 Å². The van der Waals surface area contributed by atoms with Crippen molar-refractivity contribution in [1.29, 1.82) is 0 Å². The van der Waals surface area contributed by atoms with E-state index in [9.17, 15) is 9.90 Å². The highest BCUT2D eigenvalue weighted by Crippen LogP contribution is 2.14. The van der Waals surface area contributed by atoms with Crippen molar-refractivity contribution in [1.82, 2.24) is 0 Å². The summed E-state index contributed by atoms with van der Waals surface area (Å²) in [5, 5.41) is 9.39. The lowest BCUT2D eigenvalue weighted by Gasteiger charge is -2.15. The minimum Gasteiger partial charge on any atom is -0.392 e. The van der Waals surface area contributed by atoms with Gasteiger partial charge in [0.2, 0.25) is 0 Å². The molecular weight excluding hydrogens is 152 g/mol. The van der Waals surface area contributed by atoms with E-state index in [4.69, 9.17) is 0 Å². The van der Waals surface area contributed by atoms with Gasteiger partial charge in [-0.25, -0.2) is 0 Å². The zero-order chi connectivity index (χ0) is 9.40. The number of aldehydes is 1. The molecule has 0 amide bonds. The quantitative estimate of drug-likeness (QED) is 0.472. The molecule has 12 heavy (non-hydrogen) atoms. The lowest BCUT2D eigenvalue weighted by molar-refractivity contribution is -0.110. The van der Waals surface area contributed by atoms with Crippen LogP contribution in [0.5, 0.6) is 0 Å². The predicted molar refractivity (Wildman–Crippen MR) is 50.0 cm³/mol. The topological polar surface area (TPSA) is 37.3 Å². The van der Waals surface area contributed by atoms with Crippen LogP contribution in [0.2, 0.25) is 0 Å². The van der Waals surface area contributed by atoms with E-state index >= 15 is 0 Å². The number of rotatable bonds is 7. The van der Waals surface area contributed by atoms with Crippen molar-refractivity contribution in [2.75, 3.05) is 0 Å². The summed E-state index contributed by atoms with van der Waals surface area (Å²) in [4.78, 5) is 10.1. The van der Waals surface area contributed by atoms with Crippen molar-refractivity contribution in [3.8, 4) is 0 Å². The molecule has 72 valence electrons. The molecule has 0 aliphatic rings. The van der Waals surface area contributed by atoms with Crippen LogP contribution in [0.25, 0.3) is 0 Å². The van der Waals surface area contributed by atoms with Crippen LogP contribution in [0.1, 0.15) is 46.0 Å². The molecule has 0 aliphatic heterocycles. The third kappa shape index (κ3) is 5.30. The third-order valence-electron chi connectivity index (χ3n) is 2.26. The molecule has 0 fully saturated rings. The van der Waals surface area contributed by atoms with Gasteiger partial charge >= 0.3 is 0 Å². The normalized spacial score (nSPS) is 15.6. The molecular formula is C10H20O2. The number of aliphatic hydroxyl groups excluding tert-OH is 1. The molecule has 0 saturated heterocycles. The second kappa shape index (κ2) is 7.29. The molecule has 1 N–H and O–H groups in total. The third-order valence-corrected chi connectivity index (χ3v) is 2.26. The molecule has 0 spiro atoms. The van der Waals surface area contributed by atoms with Crippen LogP contribution >= 0.6 is 0 Å². The highest BCUT2D eigenvalue weighted by Gasteiger charge is 2.12. The molecule has 0 heterocycles. The maximum absolute atomic E-state index is 10.1. The molecule has 2 atom stereocenters. The zero-order valence-corrected chi connectivity index (χ0v) is 8.12. The van der Waals surface area contributed by atoms with Crippen LogP contribution < -0.4 is 0 Å². The summed E-state index contributed by atoms with van der Waals surface area (Å²) in [5.41, 5.74) is 0. The SMILES string of the molecule is CCCCCC(C)C(O)CC=O. The number of carbonyl (C=O) groups is 1. The van der Waals surface area contributed by atoms with Crippen molar-refractivity contribution in [2.24, 2.45) is 5.92 Å². The molecule has 0 saturated carbocycles. The van der Waals surface area contributed by atoms with E-state index in [0.717, 1.165) is 19.1 Å². The van der Waals surface area contributed by atoms with Crippen LogP contribution in [-0.2, 0) is 4.79 Å². The first-order valence-corrected chi connectivity index (χ1v) is 4.84. The minimum absolute atomic E-state index is 0.266. The van der Waals surface area contributed by atoms with E-state index < -0.39 is 6.10 Å². The van der Waals surface area contributed by atoms with Gasteiger partial charge in [0.15, 0.2) is 0 Å². The molecule has 2 heteroatoms. The maximum atomic E-state index is 10.1. The summed E-state index contributed by atoms with van der Waals surface area (Å²) in [5.74, 6) is 0.266. The second-order valence-electron chi connectivity index (χ2n) is 3.44. The summed E-state index contributed by atoms with van der Waals surface area (Å²) < 4.78 is 0. The van der Waals surface area contributed by atoms with Gasteiger partial charge < -0.3 is 9.90 Å². The molecule has 0 rings (SSSR count). The summed E-state index contributed by atoms with van der Waals surface area (Å²) >= 11 is 0. The van der Waals surface area contributed by atoms with E-state index in [-0.39, 0.29) is 12.3 Å². The largest absolute Gasteiger partial charge is 0.392 e. The van der Waals surface area contributed by atoms with Gasteiger partial charge in [0.25, 0.3) is 0 Å². The van der Waals surface area contributed by atoms with Gasteiger partial charge in [-0.2, -0.15) is 0 Å². The first-order valence-electron chi connectivity index (χ1n) is 4.84. The fourth-order valence-electron chi connectivity index (χ4n) is 1.24. The standard InChI is InChI=1S/C10H20O2/c1-3-4-5-6-9(2)10(12)7-8-11/h8-10,12H,3-7H2,1-2H3. The van der Waals surface area contributed by atoms with Crippen LogP contribution in [0.15, 0.2) is 0 Å². The van der Waals surface area contributed by atoms with Crippen molar-refractivity contribution in [3.63, 3.8) is 0 Å². The van der Waals surface area contributed by atoms with E-state index in [2.05, 4.69) is 6.92 Å². The van der Waals surface area contributed by atoms with Gasteiger partial charge in [0, 0.05) is 6.42 Å². The highest BCUT2D eigenvalue weighted by atomic mass is 16.3. The van der Waals surface area contributed by atoms with Crippen molar-refractivity contribution < 1.29 is 9.90 Å². The Hall–Kier alpha value is -0.370. The molecule has 0 radical (unpaired) electrons. The first-order chi connectivity index (χ1) is 5.72. The lowest BCUT2D eigenvalue weighted by atomic mass is 9.96. The Bertz CT molecular complexity index is 112. The average molecular weight is 172 g/mol. The van der Waals surface area contributed by atoms with Crippen molar-refractivity contribution >= 4 is 6.29 Å². The Labute approximate surface area is 75.0 Å². The number of aliphatic hydroxyl groups is 1. The molecule has 2 unspecified atom stereocenters. The van der Waals surface area contributed by atoms with E-state index in [1.165, 1.54) is 12.8 Å². The van der Waals surface area contributed by atoms with Gasteiger partial charge in [0.05, 0.1) is 6.10 Å². The Balaban J connectivity index is 3.41. The van der Waals surface area contributed by atoms with E-state index in [0.29, 0.717) is 0 Å². The zero-order valence-electron chi connectivity index (χ0n) is 8.12. The van der Waals surface area contributed by atoms with Gasteiger partial charge in [-0.15, -0.1) is 0 Å². The maximum Gasteiger partial charge on any atom is 0.122 e. The second-order valence-corrected chi connectivity index (χ2v) is 3.44. The molecule has 0 aromatic carbocycles. The van der Waals surface area contributed by atoms with Gasteiger partial charge in [-0.1, -0.05) is 33.1 Å². The Morgan fingerprint density at radius 2 is 2.08 bits per heavy atom. The summed E-state index contributed by atoms with van der Waals surface area (Å²) in [6.07, 6.45) is 5.26. The number of hydrogen-bond acceptors (Lipinski definition) is 2. The Kier molecular flexibility index (Phi) is 7.06. The summed E-state index contributed by atoms with van der Waals surface area (Å²) in [6.45, 7) is 4.16. The highest BCUT2D eigenvalue weighted by molar-refractivity contribution is 5.50. The fourth-order valence-corrected chi connectivity index (χ4v) is 1.24. The summed E-state index contributed by atoms with van der Waals surface area (Å²) in [7, 11) is 0. The van der Waals surface area contributed by atoms with Crippen LogP contribution in [-0.4, -0.2) is 17.5 Å². The number of unbranched alkanes of at least 4 members (excludes halogenated alkanes) is 2. The smallest absolute Gasteiger partial charge is 0.122 e. The van der Waals surface area contributed by atoms with Crippen molar-refractivity contribution in [3.05, 3.63) is 0 Å². The van der Waals surface area contributed by atoms with Gasteiger partial charge in [-0.05, 0) is 12.3 Å². The van der Waals surface area contributed by atoms with Crippen LogP contribution in [0, 0.1) is 5.92 Å². The average Bonchev–Trinajstić information content (AvgIpc) is 2.05. The van der Waals surface area contributed by atoms with Crippen LogP contribution in [0.3, 0.4) is 0 Å². The summed E-state index contributed by atoms with van der Waals surface area (Å²) in [6, 6.07) is 0. The molecule has 0 aromatic heterocycles. The molecule has 0 aliphatic carbocycles. The fraction of sp³-hybridized carbons (Fsp3) is 0.900. The molecule has 0 aromatic rings. The lowest BCUT2D eigenvalue weighted by Crippen LogP contribution is -2.17. The molecule has 0 bridgehead atoms. The van der Waals surface area contributed by atoms with Crippen LogP contribution in [0.4, 0.5) is 0 Å². The Morgan fingerprint density at radius 3 is 2.58 bits per heavy atom. The van der Waals surface area contributed by atoms with Gasteiger partial charge in [0.1, 0.15) is 6.29 Å². The first kappa shape index (κ1) is 11.6. The monoisotopic (exact) mass is 172 g/mol. The number of carbonyl (C=O) groups excluding carboxylic acids is 1. The predicted octanol–water partition coefficient (Wildman–Crippen LogP) is 2.15. The number of hydrogen-bond donors (Lipinski definition) is 1. The minimum atomic E-state index is -0.431. The Morgan fingerprint density at radius 1 is 1.42 bits per heavy atom. The van der Waals surface area contributed by atoms with E-state index in [1.54, 1.807) is 0 Å². The molecule has 2 nitrogen and oxygen atoms in total.